The molecule has 18 heavy (non-hydrogen) atoms. The minimum atomic E-state index is -0.127. The molecule has 1 heterocycles. The van der Waals surface area contributed by atoms with Gasteiger partial charge < -0.3 is 10.1 Å². The van der Waals surface area contributed by atoms with Gasteiger partial charge in [-0.1, -0.05) is 18.5 Å². The first-order valence-electron chi connectivity index (χ1n) is 6.13. The van der Waals surface area contributed by atoms with E-state index in [-0.39, 0.29) is 5.91 Å². The topological polar surface area (TPSA) is 51.2 Å². The first kappa shape index (κ1) is 14.9. The second-order valence-corrected chi connectivity index (χ2v) is 4.43. The average Bonchev–Trinajstić information content (AvgIpc) is 2.32. The van der Waals surface area contributed by atoms with Crippen LogP contribution in [0.4, 0.5) is 0 Å². The van der Waals surface area contributed by atoms with E-state index in [9.17, 15) is 4.79 Å². The SMILES string of the molecule is CCCOCCCNC(=O)c1cc(C)nc(Cl)c1. The second kappa shape index (κ2) is 8.06. The molecule has 0 aliphatic rings. The van der Waals surface area contributed by atoms with E-state index < -0.39 is 0 Å². The van der Waals surface area contributed by atoms with Gasteiger partial charge in [-0.15, -0.1) is 0 Å². The number of halogens is 1. The van der Waals surface area contributed by atoms with Gasteiger partial charge in [0.25, 0.3) is 5.91 Å². The molecule has 0 aliphatic heterocycles. The number of hydrogen-bond acceptors (Lipinski definition) is 3. The van der Waals surface area contributed by atoms with Crippen LogP contribution in [0.3, 0.4) is 0 Å². The molecule has 0 unspecified atom stereocenters. The average molecular weight is 271 g/mol. The molecule has 1 aromatic rings. The van der Waals surface area contributed by atoms with Crippen molar-refractivity contribution in [3.05, 3.63) is 28.5 Å². The Kier molecular flexibility index (Phi) is 6.68. The van der Waals surface area contributed by atoms with E-state index in [1.165, 1.54) is 0 Å². The van der Waals surface area contributed by atoms with E-state index in [1.54, 1.807) is 19.1 Å². The Labute approximate surface area is 113 Å². The largest absolute Gasteiger partial charge is 0.381 e. The van der Waals surface area contributed by atoms with Gasteiger partial charge in [-0.3, -0.25) is 4.79 Å². The summed E-state index contributed by atoms with van der Waals surface area (Å²) in [6.07, 6.45) is 1.82. The van der Waals surface area contributed by atoms with Gasteiger partial charge in [0.15, 0.2) is 0 Å². The number of amides is 1. The Morgan fingerprint density at radius 3 is 2.89 bits per heavy atom. The Hall–Kier alpha value is -1.13. The third kappa shape index (κ3) is 5.47. The summed E-state index contributed by atoms with van der Waals surface area (Å²) in [6.45, 7) is 5.91. The lowest BCUT2D eigenvalue weighted by Crippen LogP contribution is -2.25. The van der Waals surface area contributed by atoms with E-state index in [2.05, 4.69) is 17.2 Å². The Balaban J connectivity index is 2.32. The minimum absolute atomic E-state index is 0.127. The van der Waals surface area contributed by atoms with Crippen molar-refractivity contribution in [2.24, 2.45) is 0 Å². The van der Waals surface area contributed by atoms with Gasteiger partial charge in [-0.25, -0.2) is 4.98 Å². The molecule has 0 radical (unpaired) electrons. The van der Waals surface area contributed by atoms with Crippen molar-refractivity contribution in [3.63, 3.8) is 0 Å². The van der Waals surface area contributed by atoms with Crippen LogP contribution in [0.25, 0.3) is 0 Å². The molecule has 0 aliphatic carbocycles. The minimum Gasteiger partial charge on any atom is -0.381 e. The molecule has 1 amide bonds. The van der Waals surface area contributed by atoms with Crippen molar-refractivity contribution in [1.82, 2.24) is 10.3 Å². The number of pyridine rings is 1. The Bertz CT molecular complexity index is 376. The van der Waals surface area contributed by atoms with Gasteiger partial charge in [0.05, 0.1) is 0 Å². The fourth-order valence-electron chi connectivity index (χ4n) is 1.48. The van der Waals surface area contributed by atoms with E-state index in [1.807, 2.05) is 0 Å². The molecule has 0 fully saturated rings. The molecule has 0 spiro atoms. The van der Waals surface area contributed by atoms with E-state index in [0.29, 0.717) is 23.9 Å². The van der Waals surface area contributed by atoms with Crippen LogP contribution in [-0.2, 0) is 4.74 Å². The van der Waals surface area contributed by atoms with Gasteiger partial charge >= 0.3 is 0 Å². The third-order valence-corrected chi connectivity index (χ3v) is 2.48. The van der Waals surface area contributed by atoms with E-state index in [4.69, 9.17) is 16.3 Å². The van der Waals surface area contributed by atoms with Gasteiger partial charge in [-0.2, -0.15) is 0 Å². The summed E-state index contributed by atoms with van der Waals surface area (Å²) in [5, 5.41) is 3.16. The predicted octanol–water partition coefficient (Wildman–Crippen LogP) is 2.59. The Morgan fingerprint density at radius 2 is 2.22 bits per heavy atom. The number of hydrogen-bond donors (Lipinski definition) is 1. The first-order chi connectivity index (χ1) is 8.63. The van der Waals surface area contributed by atoms with Crippen molar-refractivity contribution in [3.8, 4) is 0 Å². The van der Waals surface area contributed by atoms with Gasteiger partial charge in [-0.05, 0) is 31.9 Å². The molecule has 5 heteroatoms. The summed E-state index contributed by atoms with van der Waals surface area (Å²) in [5.74, 6) is -0.127. The zero-order valence-corrected chi connectivity index (χ0v) is 11.6. The lowest BCUT2D eigenvalue weighted by Gasteiger charge is -2.06. The van der Waals surface area contributed by atoms with E-state index >= 15 is 0 Å². The third-order valence-electron chi connectivity index (χ3n) is 2.28. The summed E-state index contributed by atoms with van der Waals surface area (Å²) < 4.78 is 5.33. The summed E-state index contributed by atoms with van der Waals surface area (Å²) in [7, 11) is 0. The monoisotopic (exact) mass is 270 g/mol. The molecule has 0 saturated heterocycles. The number of aromatic nitrogens is 1. The molecular formula is C13H19ClN2O2. The zero-order chi connectivity index (χ0) is 13.4. The highest BCUT2D eigenvalue weighted by atomic mass is 35.5. The van der Waals surface area contributed by atoms with Crippen molar-refractivity contribution < 1.29 is 9.53 Å². The summed E-state index contributed by atoms with van der Waals surface area (Å²) in [6, 6.07) is 3.28. The molecule has 1 rings (SSSR count). The standard InChI is InChI=1S/C13H19ClN2O2/c1-3-6-18-7-4-5-15-13(17)11-8-10(2)16-12(14)9-11/h8-9H,3-7H2,1-2H3,(H,15,17). The van der Waals surface area contributed by atoms with Gasteiger partial charge in [0.2, 0.25) is 0 Å². The number of aryl methyl sites for hydroxylation is 1. The lowest BCUT2D eigenvalue weighted by atomic mass is 10.2. The highest BCUT2D eigenvalue weighted by molar-refractivity contribution is 6.29. The lowest BCUT2D eigenvalue weighted by molar-refractivity contribution is 0.0941. The number of carbonyl (C=O) groups is 1. The highest BCUT2D eigenvalue weighted by Gasteiger charge is 2.07. The number of nitrogens with one attached hydrogen (secondary N) is 1. The van der Waals surface area contributed by atoms with Crippen molar-refractivity contribution >= 4 is 17.5 Å². The smallest absolute Gasteiger partial charge is 0.251 e. The molecule has 1 N–H and O–H groups in total. The van der Waals surface area contributed by atoms with Gasteiger partial charge in [0, 0.05) is 31.0 Å². The maximum Gasteiger partial charge on any atom is 0.251 e. The fourth-order valence-corrected chi connectivity index (χ4v) is 1.73. The number of carbonyl (C=O) groups excluding carboxylic acids is 1. The van der Waals surface area contributed by atoms with Crippen molar-refractivity contribution in [2.75, 3.05) is 19.8 Å². The molecule has 1 aromatic heterocycles. The molecule has 4 nitrogen and oxygen atoms in total. The van der Waals surface area contributed by atoms with Crippen LogP contribution >= 0.6 is 11.6 Å². The maximum atomic E-state index is 11.8. The fraction of sp³-hybridized carbons (Fsp3) is 0.538. The first-order valence-corrected chi connectivity index (χ1v) is 6.51. The van der Waals surface area contributed by atoms with Crippen LogP contribution in [0.5, 0.6) is 0 Å². The summed E-state index contributed by atoms with van der Waals surface area (Å²) >= 11 is 5.80. The maximum absolute atomic E-state index is 11.8. The molecule has 100 valence electrons. The summed E-state index contributed by atoms with van der Waals surface area (Å²) in [4.78, 5) is 15.8. The van der Waals surface area contributed by atoms with Crippen LogP contribution in [0, 0.1) is 6.92 Å². The number of nitrogens with zero attached hydrogens (tertiary/aromatic N) is 1. The van der Waals surface area contributed by atoms with Crippen LogP contribution in [0.1, 0.15) is 35.8 Å². The van der Waals surface area contributed by atoms with Crippen molar-refractivity contribution in [1.29, 1.82) is 0 Å². The normalized spacial score (nSPS) is 10.4. The molecule has 0 saturated carbocycles. The zero-order valence-electron chi connectivity index (χ0n) is 10.8. The summed E-state index contributed by atoms with van der Waals surface area (Å²) in [5.41, 5.74) is 1.28. The Morgan fingerprint density at radius 1 is 1.44 bits per heavy atom. The number of ether oxygens (including phenoxy) is 1. The number of rotatable bonds is 7. The van der Waals surface area contributed by atoms with Crippen LogP contribution in [0.2, 0.25) is 5.15 Å². The van der Waals surface area contributed by atoms with Crippen LogP contribution < -0.4 is 5.32 Å². The molecule has 0 bridgehead atoms. The van der Waals surface area contributed by atoms with Crippen molar-refractivity contribution in [2.45, 2.75) is 26.7 Å². The van der Waals surface area contributed by atoms with Crippen LogP contribution in [-0.4, -0.2) is 30.6 Å². The highest BCUT2D eigenvalue weighted by Crippen LogP contribution is 2.10. The second-order valence-electron chi connectivity index (χ2n) is 4.04. The van der Waals surface area contributed by atoms with Crippen LogP contribution in [0.15, 0.2) is 12.1 Å². The van der Waals surface area contributed by atoms with E-state index in [0.717, 1.165) is 25.1 Å². The quantitative estimate of drug-likeness (QED) is 0.612. The molecule has 0 atom stereocenters. The molecular weight excluding hydrogens is 252 g/mol. The predicted molar refractivity (Wildman–Crippen MR) is 72.0 cm³/mol. The molecule has 0 aromatic carbocycles. The van der Waals surface area contributed by atoms with Gasteiger partial charge in [0.1, 0.15) is 5.15 Å².